The van der Waals surface area contributed by atoms with E-state index in [0.29, 0.717) is 23.7 Å². The van der Waals surface area contributed by atoms with Crippen molar-refractivity contribution in [3.8, 4) is 5.75 Å². The molecule has 1 heterocycles. The van der Waals surface area contributed by atoms with Crippen molar-refractivity contribution in [1.29, 1.82) is 0 Å². The molecule has 0 aliphatic carbocycles. The lowest BCUT2D eigenvalue weighted by atomic mass is 10.1. The lowest BCUT2D eigenvalue weighted by molar-refractivity contribution is 0.411. The zero-order valence-corrected chi connectivity index (χ0v) is 15.5. The van der Waals surface area contributed by atoms with Gasteiger partial charge in [-0.25, -0.2) is 13.1 Å². The largest absolute Gasteiger partial charge is 0.496 e. The Morgan fingerprint density at radius 3 is 2.72 bits per heavy atom. The minimum atomic E-state index is -3.56. The lowest BCUT2D eigenvalue weighted by Gasteiger charge is -2.09. The number of aromatic amines is 1. The van der Waals surface area contributed by atoms with Gasteiger partial charge in [-0.15, -0.1) is 0 Å². The van der Waals surface area contributed by atoms with Crippen molar-refractivity contribution in [3.63, 3.8) is 0 Å². The van der Waals surface area contributed by atoms with Gasteiger partial charge >= 0.3 is 0 Å². The highest BCUT2D eigenvalue weighted by atomic mass is 35.5. The summed E-state index contributed by atoms with van der Waals surface area (Å²) in [7, 11) is -2.01. The number of ether oxygens (including phenoxy) is 1. The molecular weight excluding hydrogens is 360 g/mol. The van der Waals surface area contributed by atoms with E-state index in [-0.39, 0.29) is 4.90 Å². The second-order valence-corrected chi connectivity index (χ2v) is 7.99. The standard InChI is InChI=1S/C18H19ClN2O3S/c1-12-9-15(4-6-18(12)24-2)25(22,23)21-8-7-13-11-20-17-5-3-14(19)10-16(13)17/h3-6,9-11,20-21H,7-8H2,1-2H3. The molecule has 7 heteroatoms. The maximum Gasteiger partial charge on any atom is 0.240 e. The predicted molar refractivity (Wildman–Crippen MR) is 99.9 cm³/mol. The molecule has 1 aromatic heterocycles. The summed E-state index contributed by atoms with van der Waals surface area (Å²) in [6.45, 7) is 2.11. The molecule has 132 valence electrons. The molecule has 3 aromatic rings. The summed E-state index contributed by atoms with van der Waals surface area (Å²) < 4.78 is 32.7. The molecular formula is C18H19ClN2O3S. The minimum Gasteiger partial charge on any atom is -0.496 e. The minimum absolute atomic E-state index is 0.229. The van der Waals surface area contributed by atoms with Crippen molar-refractivity contribution in [2.75, 3.05) is 13.7 Å². The average molecular weight is 379 g/mol. The van der Waals surface area contributed by atoms with Crippen LogP contribution in [0.2, 0.25) is 5.02 Å². The van der Waals surface area contributed by atoms with Gasteiger partial charge in [0.1, 0.15) is 5.75 Å². The van der Waals surface area contributed by atoms with Gasteiger partial charge in [-0.05, 0) is 60.9 Å². The molecule has 3 rings (SSSR count). The average Bonchev–Trinajstić information content (AvgIpc) is 2.97. The van der Waals surface area contributed by atoms with Crippen LogP contribution in [0, 0.1) is 6.92 Å². The molecule has 0 saturated carbocycles. The molecule has 25 heavy (non-hydrogen) atoms. The van der Waals surface area contributed by atoms with Crippen LogP contribution >= 0.6 is 11.6 Å². The summed E-state index contributed by atoms with van der Waals surface area (Å²) in [4.78, 5) is 3.39. The van der Waals surface area contributed by atoms with Crippen LogP contribution in [-0.4, -0.2) is 27.1 Å². The van der Waals surface area contributed by atoms with Crippen molar-refractivity contribution >= 4 is 32.5 Å². The number of hydrogen-bond acceptors (Lipinski definition) is 3. The molecule has 0 saturated heterocycles. The summed E-state index contributed by atoms with van der Waals surface area (Å²) in [5.74, 6) is 0.662. The third kappa shape index (κ3) is 3.81. The van der Waals surface area contributed by atoms with Crippen LogP contribution in [0.4, 0.5) is 0 Å². The number of halogens is 1. The topological polar surface area (TPSA) is 71.2 Å². The van der Waals surface area contributed by atoms with Crippen molar-refractivity contribution < 1.29 is 13.2 Å². The maximum atomic E-state index is 12.4. The van der Waals surface area contributed by atoms with Gasteiger partial charge < -0.3 is 9.72 Å². The van der Waals surface area contributed by atoms with E-state index in [1.165, 1.54) is 0 Å². The van der Waals surface area contributed by atoms with Gasteiger partial charge in [-0.2, -0.15) is 0 Å². The van der Waals surface area contributed by atoms with E-state index in [9.17, 15) is 8.42 Å². The van der Waals surface area contributed by atoms with Gasteiger partial charge in [0.15, 0.2) is 0 Å². The summed E-state index contributed by atoms with van der Waals surface area (Å²) in [5.41, 5.74) is 2.77. The Morgan fingerprint density at radius 1 is 1.20 bits per heavy atom. The highest BCUT2D eigenvalue weighted by Gasteiger charge is 2.15. The van der Waals surface area contributed by atoms with Gasteiger partial charge in [0.2, 0.25) is 10.0 Å². The maximum absolute atomic E-state index is 12.4. The van der Waals surface area contributed by atoms with E-state index in [1.807, 2.05) is 31.3 Å². The predicted octanol–water partition coefficient (Wildman–Crippen LogP) is 3.66. The zero-order valence-electron chi connectivity index (χ0n) is 14.0. The van der Waals surface area contributed by atoms with Crippen molar-refractivity contribution in [3.05, 3.63) is 58.7 Å². The van der Waals surface area contributed by atoms with E-state index in [2.05, 4.69) is 9.71 Å². The van der Waals surface area contributed by atoms with Crippen molar-refractivity contribution in [2.24, 2.45) is 0 Å². The van der Waals surface area contributed by atoms with Gasteiger partial charge in [0.05, 0.1) is 12.0 Å². The van der Waals surface area contributed by atoms with Crippen LogP contribution in [0.5, 0.6) is 5.75 Å². The molecule has 0 aliphatic rings. The van der Waals surface area contributed by atoms with Crippen molar-refractivity contribution in [1.82, 2.24) is 9.71 Å². The molecule has 0 radical (unpaired) electrons. The first-order valence-electron chi connectivity index (χ1n) is 7.80. The van der Waals surface area contributed by atoms with Crippen LogP contribution in [0.1, 0.15) is 11.1 Å². The number of rotatable bonds is 6. The summed E-state index contributed by atoms with van der Waals surface area (Å²) in [6, 6.07) is 10.4. The van der Waals surface area contributed by atoms with E-state index in [1.54, 1.807) is 25.3 Å². The molecule has 2 N–H and O–H groups in total. The van der Waals surface area contributed by atoms with Gasteiger partial charge in [-0.1, -0.05) is 11.6 Å². The molecule has 0 fully saturated rings. The first-order chi connectivity index (χ1) is 11.9. The fourth-order valence-corrected chi connectivity index (χ4v) is 4.07. The molecule has 0 bridgehead atoms. The third-order valence-electron chi connectivity index (χ3n) is 4.09. The Kier molecular flexibility index (Phi) is 5.03. The van der Waals surface area contributed by atoms with E-state index in [4.69, 9.17) is 16.3 Å². The number of aromatic nitrogens is 1. The normalized spacial score (nSPS) is 11.8. The molecule has 5 nitrogen and oxygen atoms in total. The van der Waals surface area contributed by atoms with Crippen LogP contribution in [0.3, 0.4) is 0 Å². The zero-order chi connectivity index (χ0) is 18.0. The Hall–Kier alpha value is -2.02. The fraction of sp³-hybridized carbons (Fsp3) is 0.222. The number of H-pyrrole nitrogens is 1. The van der Waals surface area contributed by atoms with Crippen LogP contribution < -0.4 is 9.46 Å². The number of fused-ring (bicyclic) bond motifs is 1. The smallest absolute Gasteiger partial charge is 0.240 e. The molecule has 2 aromatic carbocycles. The number of benzene rings is 2. The Balaban J connectivity index is 1.72. The van der Waals surface area contributed by atoms with Crippen LogP contribution in [-0.2, 0) is 16.4 Å². The summed E-state index contributed by atoms with van der Waals surface area (Å²) in [6.07, 6.45) is 2.45. The molecule has 0 atom stereocenters. The van der Waals surface area contributed by atoms with Crippen LogP contribution in [0.15, 0.2) is 47.5 Å². The molecule has 0 spiro atoms. The SMILES string of the molecule is COc1ccc(S(=O)(=O)NCCc2c[nH]c3ccc(Cl)cc23)cc1C. The first-order valence-corrected chi connectivity index (χ1v) is 9.66. The number of nitrogens with one attached hydrogen (secondary N) is 2. The number of methoxy groups -OCH3 is 1. The highest BCUT2D eigenvalue weighted by molar-refractivity contribution is 7.89. The second-order valence-electron chi connectivity index (χ2n) is 5.78. The Bertz CT molecular complexity index is 1010. The van der Waals surface area contributed by atoms with Crippen molar-refractivity contribution in [2.45, 2.75) is 18.2 Å². The quantitative estimate of drug-likeness (QED) is 0.687. The van der Waals surface area contributed by atoms with E-state index >= 15 is 0 Å². The Labute approximate surface area is 152 Å². The molecule has 0 aliphatic heterocycles. The summed E-state index contributed by atoms with van der Waals surface area (Å²) >= 11 is 6.04. The number of hydrogen-bond donors (Lipinski definition) is 2. The lowest BCUT2D eigenvalue weighted by Crippen LogP contribution is -2.26. The Morgan fingerprint density at radius 2 is 2.00 bits per heavy atom. The van der Waals surface area contributed by atoms with Gasteiger partial charge in [-0.3, -0.25) is 0 Å². The number of aryl methyl sites for hydroxylation is 1. The molecule has 0 amide bonds. The van der Waals surface area contributed by atoms with E-state index in [0.717, 1.165) is 22.0 Å². The second kappa shape index (κ2) is 7.07. The monoisotopic (exact) mass is 378 g/mol. The summed E-state index contributed by atoms with van der Waals surface area (Å²) in [5, 5.41) is 1.66. The van der Waals surface area contributed by atoms with E-state index < -0.39 is 10.0 Å². The molecule has 0 unspecified atom stereocenters. The van der Waals surface area contributed by atoms with Gasteiger partial charge in [0.25, 0.3) is 0 Å². The highest BCUT2D eigenvalue weighted by Crippen LogP contribution is 2.23. The fourth-order valence-electron chi connectivity index (χ4n) is 2.78. The number of sulfonamides is 1. The third-order valence-corrected chi connectivity index (χ3v) is 5.79. The van der Waals surface area contributed by atoms with Gasteiger partial charge in [0, 0.05) is 28.7 Å². The van der Waals surface area contributed by atoms with Crippen LogP contribution in [0.25, 0.3) is 10.9 Å². The first kappa shape index (κ1) is 17.8.